The lowest BCUT2D eigenvalue weighted by molar-refractivity contribution is -0.118. The molecule has 0 saturated carbocycles. The quantitative estimate of drug-likeness (QED) is 0.893. The molecule has 1 fully saturated rings. The van der Waals surface area contributed by atoms with E-state index in [1.807, 2.05) is 18.4 Å². The van der Waals surface area contributed by atoms with Gasteiger partial charge in [-0.1, -0.05) is 12.1 Å². The van der Waals surface area contributed by atoms with Gasteiger partial charge in [-0.15, -0.1) is 0 Å². The smallest absolute Gasteiger partial charge is 0.262 e. The lowest BCUT2D eigenvalue weighted by atomic mass is 10.1. The molecule has 1 aliphatic rings. The van der Waals surface area contributed by atoms with E-state index >= 15 is 0 Å². The number of rotatable bonds is 4. The summed E-state index contributed by atoms with van der Waals surface area (Å²) in [4.78, 5) is 11.8. The van der Waals surface area contributed by atoms with Crippen LogP contribution in [0.15, 0.2) is 24.3 Å². The van der Waals surface area contributed by atoms with Crippen LogP contribution in [0.25, 0.3) is 0 Å². The highest BCUT2D eigenvalue weighted by molar-refractivity contribution is 7.97. The summed E-state index contributed by atoms with van der Waals surface area (Å²) >= 11 is 1.71. The third-order valence-electron chi connectivity index (χ3n) is 2.96. The first kappa shape index (κ1) is 14.3. The highest BCUT2D eigenvalue weighted by Gasteiger charge is 2.42. The average molecular weight is 286 g/mol. The maximum Gasteiger partial charge on any atom is 0.262 e. The Bertz CT molecular complexity index is 450. The van der Waals surface area contributed by atoms with Crippen molar-refractivity contribution in [2.45, 2.75) is 24.1 Å². The number of hydrogen-bond acceptors (Lipinski definition) is 3. The van der Waals surface area contributed by atoms with Crippen molar-refractivity contribution in [3.8, 4) is 0 Å². The lowest BCUT2D eigenvalue weighted by Crippen LogP contribution is -2.35. The molecule has 1 aromatic carbocycles. The molecular weight excluding hydrogens is 270 g/mol. The number of carbonyl (C=O) groups excluding carboxylic acids is 1. The summed E-state index contributed by atoms with van der Waals surface area (Å²) in [5.74, 6) is -2.29. The van der Waals surface area contributed by atoms with E-state index in [-0.39, 0.29) is 0 Å². The van der Waals surface area contributed by atoms with E-state index in [1.54, 1.807) is 23.9 Å². The zero-order chi connectivity index (χ0) is 13.9. The zero-order valence-electron chi connectivity index (χ0n) is 10.6. The average Bonchev–Trinajstić information content (AvgIpc) is 2.73. The van der Waals surface area contributed by atoms with Crippen molar-refractivity contribution in [3.05, 3.63) is 29.8 Å². The highest BCUT2D eigenvalue weighted by atomic mass is 32.2. The number of benzene rings is 1. The minimum absolute atomic E-state index is 0.408. The first-order chi connectivity index (χ1) is 9.00. The first-order valence-corrected chi connectivity index (χ1v) is 7.39. The summed E-state index contributed by atoms with van der Waals surface area (Å²) < 4.78 is 26.0. The second kappa shape index (κ2) is 5.88. The number of amides is 1. The Morgan fingerprint density at radius 2 is 2.16 bits per heavy atom. The molecule has 2 rings (SSSR count). The summed E-state index contributed by atoms with van der Waals surface area (Å²) in [6, 6.07) is 6.60. The van der Waals surface area contributed by atoms with Crippen molar-refractivity contribution in [3.63, 3.8) is 0 Å². The van der Waals surface area contributed by atoms with E-state index in [1.165, 1.54) is 0 Å². The van der Waals surface area contributed by atoms with Gasteiger partial charge in [0, 0.05) is 17.9 Å². The molecule has 1 aliphatic heterocycles. The van der Waals surface area contributed by atoms with Crippen LogP contribution in [0.2, 0.25) is 0 Å². The van der Waals surface area contributed by atoms with Crippen molar-refractivity contribution < 1.29 is 13.6 Å². The molecule has 0 aromatic heterocycles. The fourth-order valence-corrected chi connectivity index (χ4v) is 2.51. The Hall–Kier alpha value is -1.14. The minimum Gasteiger partial charge on any atom is -0.325 e. The van der Waals surface area contributed by atoms with Crippen molar-refractivity contribution in [1.29, 1.82) is 0 Å². The van der Waals surface area contributed by atoms with Gasteiger partial charge in [-0.05, 0) is 24.0 Å². The maximum absolute atomic E-state index is 13.0. The predicted molar refractivity (Wildman–Crippen MR) is 73.6 cm³/mol. The van der Waals surface area contributed by atoms with E-state index in [4.69, 9.17) is 0 Å². The fraction of sp³-hybridized carbons (Fsp3) is 0.462. The van der Waals surface area contributed by atoms with Crippen LogP contribution in [-0.2, 0) is 10.5 Å². The SMILES string of the molecule is CSCc1ccc(NC(=O)C2CC(F)(F)CN2)cc1. The molecule has 1 amide bonds. The molecule has 104 valence electrons. The zero-order valence-corrected chi connectivity index (χ0v) is 11.4. The van der Waals surface area contributed by atoms with Gasteiger partial charge >= 0.3 is 0 Å². The summed E-state index contributed by atoms with van der Waals surface area (Å²) in [6.45, 7) is -0.433. The van der Waals surface area contributed by atoms with E-state index in [9.17, 15) is 13.6 Å². The van der Waals surface area contributed by atoms with Crippen LogP contribution in [0.3, 0.4) is 0 Å². The number of anilines is 1. The number of carbonyl (C=O) groups is 1. The van der Waals surface area contributed by atoms with Crippen LogP contribution in [0, 0.1) is 0 Å². The Labute approximate surface area is 115 Å². The van der Waals surface area contributed by atoms with Crippen LogP contribution in [0.4, 0.5) is 14.5 Å². The Morgan fingerprint density at radius 3 is 2.68 bits per heavy atom. The molecule has 1 unspecified atom stereocenters. The van der Waals surface area contributed by atoms with Crippen molar-refractivity contribution in [1.82, 2.24) is 5.32 Å². The predicted octanol–water partition coefficient (Wildman–Crippen LogP) is 2.49. The summed E-state index contributed by atoms with van der Waals surface area (Å²) in [5, 5.41) is 5.18. The van der Waals surface area contributed by atoms with Gasteiger partial charge in [0.1, 0.15) is 0 Å². The summed E-state index contributed by atoms with van der Waals surface area (Å²) in [6.07, 6.45) is 1.57. The molecule has 1 heterocycles. The Kier molecular flexibility index (Phi) is 4.42. The van der Waals surface area contributed by atoms with Gasteiger partial charge in [0.2, 0.25) is 5.91 Å². The molecule has 19 heavy (non-hydrogen) atoms. The van der Waals surface area contributed by atoms with Crippen LogP contribution >= 0.6 is 11.8 Å². The van der Waals surface area contributed by atoms with E-state index in [0.29, 0.717) is 5.69 Å². The number of hydrogen-bond donors (Lipinski definition) is 2. The van der Waals surface area contributed by atoms with E-state index < -0.39 is 30.8 Å². The molecule has 0 aliphatic carbocycles. The van der Waals surface area contributed by atoms with Gasteiger partial charge in [0.05, 0.1) is 12.6 Å². The fourth-order valence-electron chi connectivity index (χ4n) is 1.98. The van der Waals surface area contributed by atoms with Crippen molar-refractivity contribution >= 4 is 23.4 Å². The normalized spacial score (nSPS) is 21.3. The number of halogens is 2. The Balaban J connectivity index is 1.92. The monoisotopic (exact) mass is 286 g/mol. The summed E-state index contributed by atoms with van der Waals surface area (Å²) in [5.41, 5.74) is 1.79. The van der Waals surface area contributed by atoms with Crippen LogP contribution in [-0.4, -0.2) is 30.7 Å². The molecule has 1 saturated heterocycles. The second-order valence-electron chi connectivity index (χ2n) is 4.61. The Morgan fingerprint density at radius 1 is 1.47 bits per heavy atom. The number of thioether (sulfide) groups is 1. The molecular formula is C13H16F2N2OS. The van der Waals surface area contributed by atoms with Crippen LogP contribution < -0.4 is 10.6 Å². The highest BCUT2D eigenvalue weighted by Crippen LogP contribution is 2.25. The molecule has 1 aromatic rings. The topological polar surface area (TPSA) is 41.1 Å². The standard InChI is InChI=1S/C13H16F2N2OS/c1-19-7-9-2-4-10(5-3-9)17-12(18)11-6-13(14,15)8-16-11/h2-5,11,16H,6-8H2,1H3,(H,17,18). The molecule has 6 heteroatoms. The maximum atomic E-state index is 13.0. The molecule has 2 N–H and O–H groups in total. The third kappa shape index (κ3) is 3.91. The minimum atomic E-state index is -2.79. The molecule has 0 bridgehead atoms. The van der Waals surface area contributed by atoms with Gasteiger partial charge in [0.25, 0.3) is 5.92 Å². The number of nitrogens with one attached hydrogen (secondary N) is 2. The van der Waals surface area contributed by atoms with Crippen molar-refractivity contribution in [2.75, 3.05) is 18.1 Å². The lowest BCUT2D eigenvalue weighted by Gasteiger charge is -2.11. The van der Waals surface area contributed by atoms with Gasteiger partial charge in [-0.2, -0.15) is 11.8 Å². The second-order valence-corrected chi connectivity index (χ2v) is 5.48. The summed E-state index contributed by atoms with van der Waals surface area (Å²) in [7, 11) is 0. The van der Waals surface area contributed by atoms with E-state index in [2.05, 4.69) is 10.6 Å². The van der Waals surface area contributed by atoms with Gasteiger partial charge in [-0.3, -0.25) is 10.1 Å². The van der Waals surface area contributed by atoms with Crippen LogP contribution in [0.5, 0.6) is 0 Å². The first-order valence-electron chi connectivity index (χ1n) is 6.00. The molecule has 0 radical (unpaired) electrons. The molecule has 3 nitrogen and oxygen atoms in total. The largest absolute Gasteiger partial charge is 0.325 e. The van der Waals surface area contributed by atoms with Gasteiger partial charge in [-0.25, -0.2) is 8.78 Å². The molecule has 0 spiro atoms. The van der Waals surface area contributed by atoms with E-state index in [0.717, 1.165) is 11.3 Å². The third-order valence-corrected chi connectivity index (χ3v) is 3.58. The van der Waals surface area contributed by atoms with Gasteiger partial charge in [0.15, 0.2) is 0 Å². The van der Waals surface area contributed by atoms with Crippen LogP contribution in [0.1, 0.15) is 12.0 Å². The van der Waals surface area contributed by atoms with Gasteiger partial charge < -0.3 is 5.32 Å². The number of alkyl halides is 2. The van der Waals surface area contributed by atoms with Crippen molar-refractivity contribution in [2.24, 2.45) is 0 Å². The molecule has 1 atom stereocenters.